The maximum atomic E-state index is 12.7. The van der Waals surface area contributed by atoms with E-state index in [0.29, 0.717) is 13.1 Å². The molecule has 2 aromatic carbocycles. The Kier molecular flexibility index (Phi) is 7.48. The van der Waals surface area contributed by atoms with E-state index in [0.717, 1.165) is 16.7 Å². The molecule has 5 nitrogen and oxygen atoms in total. The third kappa shape index (κ3) is 5.29. The van der Waals surface area contributed by atoms with Crippen LogP contribution in [0.3, 0.4) is 0 Å². The van der Waals surface area contributed by atoms with E-state index in [-0.39, 0.29) is 22.5 Å². The maximum Gasteiger partial charge on any atom is 0.338 e. The summed E-state index contributed by atoms with van der Waals surface area (Å²) in [6.07, 6.45) is 0. The number of rotatable bonds is 7. The Hall–Kier alpha value is -2.18. The number of carbonyl (C=O) groups excluding carboxylic acids is 1. The molecule has 0 N–H and O–H groups in total. The summed E-state index contributed by atoms with van der Waals surface area (Å²) in [5.74, 6) is -0.537. The normalized spacial score (nSPS) is 12.3. The fourth-order valence-electron chi connectivity index (χ4n) is 3.37. The van der Waals surface area contributed by atoms with Crippen molar-refractivity contribution in [2.24, 2.45) is 0 Å². The number of sulfonamides is 1. The standard InChI is InChI=1S/C24H33NO4S/c1-8-25(9-2)30(27,28)21-12-10-11-19(15-21)23(26)29-16-22-17(3)13-20(14-18(22)4)24(5,6)7/h10-15H,8-9,16H2,1-7H3. The highest BCUT2D eigenvalue weighted by atomic mass is 32.2. The van der Waals surface area contributed by atoms with Gasteiger partial charge >= 0.3 is 5.97 Å². The summed E-state index contributed by atoms with van der Waals surface area (Å²) in [5, 5.41) is 0. The number of hydrogen-bond acceptors (Lipinski definition) is 4. The summed E-state index contributed by atoms with van der Waals surface area (Å²) in [7, 11) is -3.63. The number of nitrogens with zero attached hydrogens (tertiary/aromatic N) is 1. The van der Waals surface area contributed by atoms with Gasteiger partial charge in [0.2, 0.25) is 10.0 Å². The van der Waals surface area contributed by atoms with E-state index in [4.69, 9.17) is 4.74 Å². The van der Waals surface area contributed by atoms with Gasteiger partial charge in [-0.15, -0.1) is 0 Å². The minimum Gasteiger partial charge on any atom is -0.457 e. The quantitative estimate of drug-likeness (QED) is 0.580. The van der Waals surface area contributed by atoms with Crippen molar-refractivity contribution in [2.45, 2.75) is 65.4 Å². The Balaban J connectivity index is 2.23. The summed E-state index contributed by atoms with van der Waals surface area (Å²) < 4.78 is 32.3. The van der Waals surface area contributed by atoms with E-state index >= 15 is 0 Å². The lowest BCUT2D eigenvalue weighted by Gasteiger charge is -2.22. The van der Waals surface area contributed by atoms with E-state index in [9.17, 15) is 13.2 Å². The molecule has 0 bridgehead atoms. The van der Waals surface area contributed by atoms with Crippen molar-refractivity contribution in [3.05, 3.63) is 64.2 Å². The van der Waals surface area contributed by atoms with Crippen LogP contribution in [0.25, 0.3) is 0 Å². The van der Waals surface area contributed by atoms with Crippen LogP contribution in [0.15, 0.2) is 41.3 Å². The monoisotopic (exact) mass is 431 g/mol. The second-order valence-corrected chi connectivity index (χ2v) is 10.5. The summed E-state index contributed by atoms with van der Waals surface area (Å²) in [5.41, 5.74) is 4.63. The third-order valence-electron chi connectivity index (χ3n) is 5.32. The van der Waals surface area contributed by atoms with Gasteiger partial charge in [0.05, 0.1) is 10.5 Å². The SMILES string of the molecule is CCN(CC)S(=O)(=O)c1cccc(C(=O)OCc2c(C)cc(C(C)(C)C)cc2C)c1. The molecule has 6 heteroatoms. The predicted octanol–water partition coefficient (Wildman–Crippen LogP) is 4.99. The zero-order valence-electron chi connectivity index (χ0n) is 19.1. The summed E-state index contributed by atoms with van der Waals surface area (Å²) in [6.45, 7) is 15.0. The van der Waals surface area contributed by atoms with Crippen molar-refractivity contribution in [3.63, 3.8) is 0 Å². The van der Waals surface area contributed by atoms with Gasteiger partial charge in [-0.2, -0.15) is 4.31 Å². The van der Waals surface area contributed by atoms with Crippen LogP contribution in [0.4, 0.5) is 0 Å². The first kappa shape index (κ1) is 24.1. The lowest BCUT2D eigenvalue weighted by molar-refractivity contribution is 0.0471. The van der Waals surface area contributed by atoms with Crippen LogP contribution >= 0.6 is 0 Å². The highest BCUT2D eigenvalue weighted by Gasteiger charge is 2.23. The summed E-state index contributed by atoms with van der Waals surface area (Å²) in [6, 6.07) is 10.3. The number of carbonyl (C=O) groups is 1. The molecule has 0 spiro atoms. The molecule has 0 radical (unpaired) electrons. The second kappa shape index (κ2) is 9.31. The van der Waals surface area contributed by atoms with E-state index in [1.165, 1.54) is 22.0 Å². The molecule has 0 aliphatic rings. The molecule has 0 aromatic heterocycles. The van der Waals surface area contributed by atoms with Gasteiger partial charge in [-0.25, -0.2) is 13.2 Å². The summed E-state index contributed by atoms with van der Waals surface area (Å²) in [4.78, 5) is 12.7. The third-order valence-corrected chi connectivity index (χ3v) is 7.37. The molecule has 164 valence electrons. The fraction of sp³-hybridized carbons (Fsp3) is 0.458. The van der Waals surface area contributed by atoms with E-state index < -0.39 is 16.0 Å². The first-order chi connectivity index (χ1) is 13.9. The molecule has 0 fully saturated rings. The Morgan fingerprint density at radius 3 is 2.07 bits per heavy atom. The van der Waals surface area contributed by atoms with Gasteiger partial charge in [-0.3, -0.25) is 0 Å². The van der Waals surface area contributed by atoms with Gasteiger partial charge in [0.15, 0.2) is 0 Å². The predicted molar refractivity (Wildman–Crippen MR) is 120 cm³/mol. The van der Waals surface area contributed by atoms with Crippen molar-refractivity contribution in [1.82, 2.24) is 4.31 Å². The number of aryl methyl sites for hydroxylation is 2. The molecule has 0 unspecified atom stereocenters. The molecular weight excluding hydrogens is 398 g/mol. The van der Waals surface area contributed by atoms with Crippen LogP contribution in [-0.2, 0) is 26.8 Å². The zero-order valence-corrected chi connectivity index (χ0v) is 19.9. The molecule has 0 heterocycles. The first-order valence-electron chi connectivity index (χ1n) is 10.3. The minimum absolute atomic E-state index is 0.0432. The van der Waals surface area contributed by atoms with Crippen molar-refractivity contribution in [1.29, 1.82) is 0 Å². The van der Waals surface area contributed by atoms with Crippen molar-refractivity contribution in [3.8, 4) is 0 Å². The van der Waals surface area contributed by atoms with Crippen molar-refractivity contribution in [2.75, 3.05) is 13.1 Å². The number of esters is 1. The lowest BCUT2D eigenvalue weighted by Crippen LogP contribution is -2.30. The summed E-state index contributed by atoms with van der Waals surface area (Å²) >= 11 is 0. The fourth-order valence-corrected chi connectivity index (χ4v) is 4.88. The number of ether oxygens (including phenoxy) is 1. The van der Waals surface area contributed by atoms with Gasteiger partial charge in [0.25, 0.3) is 0 Å². The molecule has 0 aliphatic heterocycles. The molecule has 0 saturated heterocycles. The van der Waals surface area contributed by atoms with Gasteiger partial charge in [0, 0.05) is 13.1 Å². The molecular formula is C24H33NO4S. The van der Waals surface area contributed by atoms with Crippen molar-refractivity contribution < 1.29 is 17.9 Å². The molecule has 0 amide bonds. The van der Waals surface area contributed by atoms with Crippen LogP contribution in [0.5, 0.6) is 0 Å². The average molecular weight is 432 g/mol. The molecule has 0 atom stereocenters. The Morgan fingerprint density at radius 2 is 1.57 bits per heavy atom. The van der Waals surface area contributed by atoms with Gasteiger partial charge in [0.1, 0.15) is 6.61 Å². The van der Waals surface area contributed by atoms with Gasteiger partial charge in [-0.05, 0) is 59.7 Å². The minimum atomic E-state index is -3.63. The topological polar surface area (TPSA) is 63.7 Å². The smallest absolute Gasteiger partial charge is 0.338 e. The zero-order chi connectivity index (χ0) is 22.7. The maximum absolute atomic E-state index is 12.7. The second-order valence-electron chi connectivity index (χ2n) is 8.53. The molecule has 0 aliphatic carbocycles. The first-order valence-corrected chi connectivity index (χ1v) is 11.7. The van der Waals surface area contributed by atoms with Crippen LogP contribution in [0.1, 0.15) is 67.2 Å². The molecule has 0 saturated carbocycles. The van der Waals surface area contributed by atoms with Crippen LogP contribution in [0, 0.1) is 13.8 Å². The Labute approximate surface area is 181 Å². The Bertz CT molecular complexity index is 993. The van der Waals surface area contributed by atoms with E-state index in [1.807, 2.05) is 13.8 Å². The molecule has 2 aromatic rings. The van der Waals surface area contributed by atoms with Crippen LogP contribution < -0.4 is 0 Å². The average Bonchev–Trinajstić information content (AvgIpc) is 2.67. The van der Waals surface area contributed by atoms with Gasteiger partial charge < -0.3 is 4.74 Å². The van der Waals surface area contributed by atoms with Crippen molar-refractivity contribution >= 4 is 16.0 Å². The van der Waals surface area contributed by atoms with Crippen LogP contribution in [0.2, 0.25) is 0 Å². The van der Waals surface area contributed by atoms with E-state index in [1.54, 1.807) is 26.0 Å². The lowest BCUT2D eigenvalue weighted by atomic mass is 9.84. The number of benzene rings is 2. The largest absolute Gasteiger partial charge is 0.457 e. The molecule has 2 rings (SSSR count). The number of hydrogen-bond donors (Lipinski definition) is 0. The van der Waals surface area contributed by atoms with E-state index in [2.05, 4.69) is 32.9 Å². The Morgan fingerprint density at radius 1 is 1.00 bits per heavy atom. The highest BCUT2D eigenvalue weighted by molar-refractivity contribution is 7.89. The highest BCUT2D eigenvalue weighted by Crippen LogP contribution is 2.27. The van der Waals surface area contributed by atoms with Crippen LogP contribution in [-0.4, -0.2) is 31.8 Å². The molecule has 30 heavy (non-hydrogen) atoms. The van der Waals surface area contributed by atoms with Gasteiger partial charge in [-0.1, -0.05) is 52.8 Å².